The molecule has 242 valence electrons. The number of nitrogens with one attached hydrogen (secondary N) is 1. The number of nitrogens with zero attached hydrogens (tertiary/aromatic N) is 6. The third-order valence-corrected chi connectivity index (χ3v) is 9.06. The molecular weight excluding hydrogens is 655 g/mol. The van der Waals surface area contributed by atoms with Crippen LogP contribution in [0.4, 0.5) is 27.6 Å². The number of hydrogen-bond donors (Lipinski definition) is 2. The minimum Gasteiger partial charge on any atom is -0.365 e. The number of rotatable bonds is 6. The van der Waals surface area contributed by atoms with Gasteiger partial charge in [0.1, 0.15) is 21.0 Å². The van der Waals surface area contributed by atoms with Crippen molar-refractivity contribution in [2.45, 2.75) is 19.5 Å². The van der Waals surface area contributed by atoms with Crippen molar-refractivity contribution in [1.29, 1.82) is 0 Å². The largest absolute Gasteiger partial charge is 0.433 e. The van der Waals surface area contributed by atoms with Gasteiger partial charge in [0.15, 0.2) is 11.3 Å². The van der Waals surface area contributed by atoms with Crippen LogP contribution in [0.2, 0.25) is 0 Å². The molecule has 10 nitrogen and oxygen atoms in total. The van der Waals surface area contributed by atoms with E-state index in [1.807, 2.05) is 12.1 Å². The topological polar surface area (TPSA) is 133 Å². The molecule has 5 aromatic heterocycles. The Bertz CT molecular complexity index is 2440. The zero-order valence-corrected chi connectivity index (χ0v) is 25.6. The predicted octanol–water partition coefficient (Wildman–Crippen LogP) is 7.18. The van der Waals surface area contributed by atoms with E-state index in [0.29, 0.717) is 38.1 Å². The molecule has 16 heteroatoms. The van der Waals surface area contributed by atoms with E-state index in [9.17, 15) is 31.5 Å². The highest BCUT2D eigenvalue weighted by Gasteiger charge is 2.36. The molecule has 48 heavy (non-hydrogen) atoms. The lowest BCUT2D eigenvalue weighted by Gasteiger charge is -2.13. The molecule has 2 amide bonds. The lowest BCUT2D eigenvalue weighted by Crippen LogP contribution is -2.18. The second-order valence-corrected chi connectivity index (χ2v) is 11.8. The fourth-order valence-electron chi connectivity index (χ4n) is 5.59. The number of halogens is 5. The zero-order chi connectivity index (χ0) is 34.1. The SMILES string of the molecule is Cc1c(-c2cc(C(F)F)nc3sc(C(N)=O)c(NC(=O)c4cnn5c(C(F)(F)F)cc(-c6cccc7ccccc67)nc45)c23)cnn1C. The van der Waals surface area contributed by atoms with E-state index in [0.717, 1.165) is 23.7 Å². The molecule has 0 aliphatic heterocycles. The molecule has 5 heterocycles. The van der Waals surface area contributed by atoms with Gasteiger partial charge < -0.3 is 11.1 Å². The maximum atomic E-state index is 14.4. The van der Waals surface area contributed by atoms with Crippen LogP contribution in [0.15, 0.2) is 67.0 Å². The first-order valence-corrected chi connectivity index (χ1v) is 14.9. The first-order valence-electron chi connectivity index (χ1n) is 14.1. The molecule has 2 aromatic carbocycles. The van der Waals surface area contributed by atoms with Crippen LogP contribution in [0.3, 0.4) is 0 Å². The van der Waals surface area contributed by atoms with E-state index in [2.05, 4.69) is 25.5 Å². The molecule has 7 aromatic rings. The fourth-order valence-corrected chi connectivity index (χ4v) is 6.60. The van der Waals surface area contributed by atoms with Crippen LogP contribution in [-0.4, -0.2) is 41.2 Å². The summed E-state index contributed by atoms with van der Waals surface area (Å²) in [4.78, 5) is 34.8. The van der Waals surface area contributed by atoms with E-state index in [1.54, 1.807) is 44.3 Å². The number of alkyl halides is 5. The van der Waals surface area contributed by atoms with Crippen LogP contribution in [0.5, 0.6) is 0 Å². The van der Waals surface area contributed by atoms with E-state index in [4.69, 9.17) is 5.73 Å². The summed E-state index contributed by atoms with van der Waals surface area (Å²) in [6.45, 7) is 1.70. The first-order chi connectivity index (χ1) is 22.8. The van der Waals surface area contributed by atoms with Gasteiger partial charge >= 0.3 is 6.18 Å². The lowest BCUT2D eigenvalue weighted by atomic mass is 10.0. The second kappa shape index (κ2) is 11.2. The first kappa shape index (κ1) is 30.9. The summed E-state index contributed by atoms with van der Waals surface area (Å²) in [5.74, 6) is -1.97. The quantitative estimate of drug-likeness (QED) is 0.180. The Balaban J connectivity index is 1.43. The minimum atomic E-state index is -4.88. The van der Waals surface area contributed by atoms with Gasteiger partial charge in [-0.25, -0.2) is 23.3 Å². The number of carbonyl (C=O) groups excluding carboxylic acids is 2. The Morgan fingerprint density at radius 2 is 1.71 bits per heavy atom. The lowest BCUT2D eigenvalue weighted by molar-refractivity contribution is -0.142. The zero-order valence-electron chi connectivity index (χ0n) is 24.8. The number of primary amides is 1. The molecule has 0 aliphatic rings. The number of aromatic nitrogens is 6. The number of amides is 2. The van der Waals surface area contributed by atoms with Crippen molar-refractivity contribution >= 4 is 55.5 Å². The summed E-state index contributed by atoms with van der Waals surface area (Å²) < 4.78 is 73.0. The standard InChI is InChI=1S/C32H21F5N8O2S/c1-14-19(12-39-44(14)2)18-10-22(27(33)34)42-31-24(18)25(26(48-31)28(38)46)43-30(47)20-13-40-45-23(32(35,36)37)11-21(41-29(20)45)17-9-5-7-15-6-3-4-8-16(15)17/h3-13,27H,1-2H3,(H2,38,46)(H,43,47). The van der Waals surface area contributed by atoms with E-state index in [-0.39, 0.29) is 37.6 Å². The van der Waals surface area contributed by atoms with Gasteiger partial charge in [-0.05, 0) is 35.4 Å². The van der Waals surface area contributed by atoms with Crippen molar-refractivity contribution < 1.29 is 31.5 Å². The van der Waals surface area contributed by atoms with Gasteiger partial charge in [-0.1, -0.05) is 42.5 Å². The molecule has 0 spiro atoms. The normalized spacial score (nSPS) is 12.1. The number of hydrogen-bond acceptors (Lipinski definition) is 7. The monoisotopic (exact) mass is 676 g/mol. The van der Waals surface area contributed by atoms with Crippen LogP contribution in [-0.2, 0) is 13.2 Å². The highest BCUT2D eigenvalue weighted by Crippen LogP contribution is 2.43. The van der Waals surface area contributed by atoms with Gasteiger partial charge in [-0.15, -0.1) is 11.3 Å². The fraction of sp³-hybridized carbons (Fsp3) is 0.125. The van der Waals surface area contributed by atoms with Crippen LogP contribution in [0.25, 0.3) is 49.0 Å². The molecule has 7 rings (SSSR count). The van der Waals surface area contributed by atoms with Gasteiger partial charge in [-0.2, -0.15) is 23.4 Å². The van der Waals surface area contributed by atoms with Crippen LogP contribution < -0.4 is 11.1 Å². The number of thiophene rings is 1. The maximum absolute atomic E-state index is 14.4. The predicted molar refractivity (Wildman–Crippen MR) is 169 cm³/mol. The van der Waals surface area contributed by atoms with Crippen molar-refractivity contribution in [3.63, 3.8) is 0 Å². The van der Waals surface area contributed by atoms with Gasteiger partial charge in [0.05, 0.1) is 23.8 Å². The number of pyridine rings is 1. The smallest absolute Gasteiger partial charge is 0.365 e. The third-order valence-electron chi connectivity index (χ3n) is 7.97. The molecule has 0 aliphatic carbocycles. The summed E-state index contributed by atoms with van der Waals surface area (Å²) >= 11 is 0.688. The Hall–Kier alpha value is -5.77. The summed E-state index contributed by atoms with van der Waals surface area (Å²) in [7, 11) is 1.65. The van der Waals surface area contributed by atoms with E-state index in [1.165, 1.54) is 10.9 Å². The van der Waals surface area contributed by atoms with Crippen molar-refractivity contribution in [3.05, 3.63) is 94.5 Å². The van der Waals surface area contributed by atoms with Gasteiger partial charge in [0.2, 0.25) is 0 Å². The Labute approximate surface area is 270 Å². The van der Waals surface area contributed by atoms with Gasteiger partial charge in [0, 0.05) is 29.3 Å². The number of carbonyl (C=O) groups is 2. The molecule has 0 saturated heterocycles. The molecule has 0 bridgehead atoms. The van der Waals surface area contributed by atoms with Gasteiger partial charge in [0.25, 0.3) is 18.2 Å². The molecule has 0 radical (unpaired) electrons. The van der Waals surface area contributed by atoms with Crippen molar-refractivity contribution in [1.82, 2.24) is 29.4 Å². The summed E-state index contributed by atoms with van der Waals surface area (Å²) in [6, 6.07) is 14.2. The summed E-state index contributed by atoms with van der Waals surface area (Å²) in [5.41, 5.74) is 4.51. The molecule has 3 N–H and O–H groups in total. The molecular formula is C32H21F5N8O2S. The van der Waals surface area contributed by atoms with E-state index < -0.39 is 41.5 Å². The molecule has 0 atom stereocenters. The Morgan fingerprint density at radius 1 is 0.958 bits per heavy atom. The van der Waals surface area contributed by atoms with Crippen LogP contribution in [0, 0.1) is 6.92 Å². The molecule has 0 fully saturated rings. The summed E-state index contributed by atoms with van der Waals surface area (Å²) in [6.07, 6.45) is -5.48. The molecule has 0 unspecified atom stereocenters. The maximum Gasteiger partial charge on any atom is 0.433 e. The molecule has 0 saturated carbocycles. The second-order valence-electron chi connectivity index (χ2n) is 10.8. The Kier molecular flexibility index (Phi) is 7.19. The van der Waals surface area contributed by atoms with Crippen LogP contribution >= 0.6 is 11.3 Å². The number of anilines is 1. The van der Waals surface area contributed by atoms with Crippen molar-refractivity contribution in [2.75, 3.05) is 5.32 Å². The average molecular weight is 677 g/mol. The third kappa shape index (κ3) is 5.00. The average Bonchev–Trinajstić information content (AvgIpc) is 3.74. The highest BCUT2D eigenvalue weighted by molar-refractivity contribution is 7.21. The number of aryl methyl sites for hydroxylation is 1. The number of fused-ring (bicyclic) bond motifs is 3. The Morgan fingerprint density at radius 3 is 2.40 bits per heavy atom. The van der Waals surface area contributed by atoms with Crippen molar-refractivity contribution in [3.8, 4) is 22.4 Å². The minimum absolute atomic E-state index is 0.0225. The highest BCUT2D eigenvalue weighted by atomic mass is 32.1. The van der Waals surface area contributed by atoms with Crippen molar-refractivity contribution in [2.24, 2.45) is 12.8 Å². The van der Waals surface area contributed by atoms with E-state index >= 15 is 0 Å². The summed E-state index contributed by atoms with van der Waals surface area (Å²) in [5, 5.41) is 12.1. The van der Waals surface area contributed by atoms with Gasteiger partial charge in [-0.3, -0.25) is 14.3 Å². The number of benzene rings is 2. The van der Waals surface area contributed by atoms with Crippen LogP contribution in [0.1, 0.15) is 43.5 Å². The number of nitrogens with two attached hydrogens (primary N) is 1.